The molecule has 0 saturated heterocycles. The minimum Gasteiger partial charge on any atom is -0.493 e. The molecule has 0 saturated carbocycles. The summed E-state index contributed by atoms with van der Waals surface area (Å²) in [5.74, 6) is 2.13. The zero-order valence-corrected chi connectivity index (χ0v) is 19.9. The number of hydrogen-bond donors (Lipinski definition) is 1. The fourth-order valence-corrected chi connectivity index (χ4v) is 3.82. The number of carbonyl (C=O) groups excluding carboxylic acids is 1. The highest BCUT2D eigenvalue weighted by Gasteiger charge is 2.16. The maximum absolute atomic E-state index is 12.6. The molecule has 4 aromatic rings. The average molecular weight is 472 g/mol. The molecule has 0 aliphatic heterocycles. The summed E-state index contributed by atoms with van der Waals surface area (Å²) in [4.78, 5) is 18.9. The molecule has 0 aliphatic rings. The van der Waals surface area contributed by atoms with Gasteiger partial charge in [0.25, 0.3) is 5.91 Å². The Kier molecular flexibility index (Phi) is 8.14. The minimum atomic E-state index is -0.255. The summed E-state index contributed by atoms with van der Waals surface area (Å²) < 4.78 is 16.7. The molecule has 0 bridgehead atoms. The number of amides is 1. The van der Waals surface area contributed by atoms with Gasteiger partial charge in [0, 0.05) is 32.0 Å². The van der Waals surface area contributed by atoms with Gasteiger partial charge < -0.3 is 19.2 Å². The lowest BCUT2D eigenvalue weighted by atomic mass is 10.1. The molecule has 35 heavy (non-hydrogen) atoms. The van der Waals surface area contributed by atoms with E-state index in [2.05, 4.69) is 27.3 Å². The number of ether oxygens (including phenoxy) is 2. The lowest BCUT2D eigenvalue weighted by Gasteiger charge is -2.22. The topological polar surface area (TPSA) is 76.8 Å². The molecule has 0 unspecified atom stereocenters. The van der Waals surface area contributed by atoms with Crippen molar-refractivity contribution in [3.05, 3.63) is 113 Å². The number of aromatic nitrogens is 1. The molecule has 1 amide bonds. The molecule has 0 radical (unpaired) electrons. The maximum atomic E-state index is 12.6. The Morgan fingerprint density at radius 2 is 1.63 bits per heavy atom. The molecule has 0 aliphatic carbocycles. The van der Waals surface area contributed by atoms with Gasteiger partial charge in [-0.25, -0.2) is 0 Å². The van der Waals surface area contributed by atoms with Crippen LogP contribution in [0.3, 0.4) is 0 Å². The molecule has 2 aromatic carbocycles. The molecule has 0 atom stereocenters. The second-order valence-corrected chi connectivity index (χ2v) is 8.13. The van der Waals surface area contributed by atoms with Crippen molar-refractivity contribution in [2.75, 3.05) is 14.2 Å². The molecule has 2 aromatic heterocycles. The highest BCUT2D eigenvalue weighted by molar-refractivity contribution is 5.91. The number of benzene rings is 2. The van der Waals surface area contributed by atoms with Gasteiger partial charge in [-0.1, -0.05) is 42.5 Å². The lowest BCUT2D eigenvalue weighted by Crippen LogP contribution is -2.23. The third kappa shape index (κ3) is 6.71. The zero-order valence-electron chi connectivity index (χ0n) is 19.9. The number of nitrogens with one attached hydrogen (secondary N) is 1. The second kappa shape index (κ2) is 11.9. The van der Waals surface area contributed by atoms with Gasteiger partial charge in [-0.05, 0) is 47.0 Å². The Morgan fingerprint density at radius 3 is 2.37 bits per heavy atom. The van der Waals surface area contributed by atoms with E-state index in [0.29, 0.717) is 36.9 Å². The van der Waals surface area contributed by atoms with Crippen LogP contribution >= 0.6 is 0 Å². The molecule has 1 N–H and O–H groups in total. The molecular weight excluding hydrogens is 442 g/mol. The number of pyridine rings is 1. The summed E-state index contributed by atoms with van der Waals surface area (Å²) in [7, 11) is 3.26. The van der Waals surface area contributed by atoms with Gasteiger partial charge in [0.15, 0.2) is 17.3 Å². The molecule has 7 heteroatoms. The van der Waals surface area contributed by atoms with Crippen LogP contribution in [-0.2, 0) is 26.2 Å². The quantitative estimate of drug-likeness (QED) is 0.338. The van der Waals surface area contributed by atoms with Crippen molar-refractivity contribution in [3.8, 4) is 11.5 Å². The van der Waals surface area contributed by atoms with Gasteiger partial charge in [-0.3, -0.25) is 14.7 Å². The highest BCUT2D eigenvalue weighted by Crippen LogP contribution is 2.28. The predicted octanol–water partition coefficient (Wildman–Crippen LogP) is 4.82. The standard InChI is InChI=1S/C28H29N3O4/c1-33-25-12-10-22(15-27(25)34-2)19-31(18-21-7-4-3-5-8-21)20-24-11-13-26(35-24)28(32)30-17-23-9-6-14-29-16-23/h3-16H,17-20H2,1-2H3,(H,30,32). The SMILES string of the molecule is COc1ccc(CN(Cc2ccccc2)Cc2ccc(C(=O)NCc3cccnc3)o2)cc1OC. The summed E-state index contributed by atoms with van der Waals surface area (Å²) in [6.07, 6.45) is 3.43. The molecule has 0 fully saturated rings. The normalized spacial score (nSPS) is 10.8. The van der Waals surface area contributed by atoms with E-state index in [1.54, 1.807) is 32.7 Å². The van der Waals surface area contributed by atoms with Crippen LogP contribution in [-0.4, -0.2) is 30.0 Å². The molecule has 180 valence electrons. The first kappa shape index (κ1) is 24.0. The first-order valence-electron chi connectivity index (χ1n) is 11.4. The zero-order chi connectivity index (χ0) is 24.5. The molecule has 4 rings (SSSR count). The van der Waals surface area contributed by atoms with Crippen LogP contribution in [0.5, 0.6) is 11.5 Å². The largest absolute Gasteiger partial charge is 0.493 e. The number of carbonyl (C=O) groups is 1. The van der Waals surface area contributed by atoms with Gasteiger partial charge in [-0.15, -0.1) is 0 Å². The van der Waals surface area contributed by atoms with Crippen LogP contribution in [0.2, 0.25) is 0 Å². The van der Waals surface area contributed by atoms with Crippen LogP contribution in [0, 0.1) is 0 Å². The van der Waals surface area contributed by atoms with Crippen molar-refractivity contribution in [1.82, 2.24) is 15.2 Å². The van der Waals surface area contributed by atoms with E-state index in [1.165, 1.54) is 5.56 Å². The Morgan fingerprint density at radius 1 is 0.857 bits per heavy atom. The fourth-order valence-electron chi connectivity index (χ4n) is 3.82. The monoisotopic (exact) mass is 471 g/mol. The van der Waals surface area contributed by atoms with Crippen molar-refractivity contribution in [2.24, 2.45) is 0 Å². The van der Waals surface area contributed by atoms with Crippen molar-refractivity contribution >= 4 is 5.91 Å². The first-order chi connectivity index (χ1) is 17.1. The average Bonchev–Trinajstić information content (AvgIpc) is 3.37. The number of hydrogen-bond acceptors (Lipinski definition) is 6. The van der Waals surface area contributed by atoms with Gasteiger partial charge in [0.1, 0.15) is 5.76 Å². The smallest absolute Gasteiger partial charge is 0.287 e. The number of nitrogens with zero attached hydrogens (tertiary/aromatic N) is 2. The molecule has 2 heterocycles. The van der Waals surface area contributed by atoms with Crippen LogP contribution < -0.4 is 14.8 Å². The van der Waals surface area contributed by atoms with Gasteiger partial charge in [0.2, 0.25) is 0 Å². The van der Waals surface area contributed by atoms with Crippen LogP contribution in [0.25, 0.3) is 0 Å². The van der Waals surface area contributed by atoms with E-state index in [1.807, 2.05) is 54.6 Å². The fraction of sp³-hybridized carbons (Fsp3) is 0.214. The summed E-state index contributed by atoms with van der Waals surface area (Å²) in [5, 5.41) is 2.87. The second-order valence-electron chi connectivity index (χ2n) is 8.13. The molecule has 0 spiro atoms. The summed E-state index contributed by atoms with van der Waals surface area (Å²) in [6, 6.07) is 23.5. The van der Waals surface area contributed by atoms with Crippen molar-refractivity contribution < 1.29 is 18.7 Å². The summed E-state index contributed by atoms with van der Waals surface area (Å²) in [5.41, 5.74) is 3.20. The number of rotatable bonds is 11. The van der Waals surface area contributed by atoms with Crippen molar-refractivity contribution in [1.29, 1.82) is 0 Å². The van der Waals surface area contributed by atoms with Gasteiger partial charge in [0.05, 0.1) is 20.8 Å². The Balaban J connectivity index is 1.46. The Hall–Kier alpha value is -4.10. The Bertz CT molecular complexity index is 1230. The summed E-state index contributed by atoms with van der Waals surface area (Å²) in [6.45, 7) is 2.32. The Labute approximate surface area is 205 Å². The van der Waals surface area contributed by atoms with Crippen molar-refractivity contribution in [3.63, 3.8) is 0 Å². The van der Waals surface area contributed by atoms with Crippen LogP contribution in [0.4, 0.5) is 0 Å². The van der Waals surface area contributed by atoms with E-state index in [9.17, 15) is 4.79 Å². The van der Waals surface area contributed by atoms with Gasteiger partial charge in [-0.2, -0.15) is 0 Å². The van der Waals surface area contributed by atoms with E-state index < -0.39 is 0 Å². The molecule has 7 nitrogen and oxygen atoms in total. The third-order valence-corrected chi connectivity index (χ3v) is 5.54. The van der Waals surface area contributed by atoms with E-state index >= 15 is 0 Å². The van der Waals surface area contributed by atoms with E-state index in [4.69, 9.17) is 13.9 Å². The van der Waals surface area contributed by atoms with Crippen molar-refractivity contribution in [2.45, 2.75) is 26.2 Å². The van der Waals surface area contributed by atoms with Crippen LogP contribution in [0.1, 0.15) is 33.0 Å². The third-order valence-electron chi connectivity index (χ3n) is 5.54. The first-order valence-corrected chi connectivity index (χ1v) is 11.4. The summed E-state index contributed by atoms with van der Waals surface area (Å²) >= 11 is 0. The van der Waals surface area contributed by atoms with Gasteiger partial charge >= 0.3 is 0 Å². The van der Waals surface area contributed by atoms with Crippen LogP contribution in [0.15, 0.2) is 89.6 Å². The minimum absolute atomic E-state index is 0.255. The number of methoxy groups -OCH3 is 2. The predicted molar refractivity (Wildman–Crippen MR) is 133 cm³/mol. The molecular formula is C28H29N3O4. The van der Waals surface area contributed by atoms with E-state index in [0.717, 1.165) is 17.7 Å². The lowest BCUT2D eigenvalue weighted by molar-refractivity contribution is 0.0918. The highest BCUT2D eigenvalue weighted by atomic mass is 16.5. The maximum Gasteiger partial charge on any atom is 0.287 e. The van der Waals surface area contributed by atoms with E-state index in [-0.39, 0.29) is 11.7 Å². The number of furan rings is 1.